The monoisotopic (exact) mass is 160 g/mol. The number of aryl methyl sites for hydroxylation is 1. The van der Waals surface area contributed by atoms with Gasteiger partial charge in [-0.3, -0.25) is 0 Å². The number of hydrogen-bond acceptors (Lipinski definition) is 1. The Morgan fingerprint density at radius 1 is 1.42 bits per heavy atom. The van der Waals surface area contributed by atoms with E-state index < -0.39 is 0 Å². The van der Waals surface area contributed by atoms with Crippen molar-refractivity contribution in [2.24, 2.45) is 0 Å². The van der Waals surface area contributed by atoms with Gasteiger partial charge < -0.3 is 5.11 Å². The molecule has 0 atom stereocenters. The smallest absolute Gasteiger partial charge is 0.108 e. The quantitative estimate of drug-likeness (QED) is 0.520. The first-order valence-electron chi connectivity index (χ1n) is 3.82. The van der Waals surface area contributed by atoms with Crippen LogP contribution in [-0.2, 0) is 0 Å². The highest BCUT2D eigenvalue weighted by Gasteiger charge is 1.89. The van der Waals surface area contributed by atoms with E-state index in [2.05, 4.69) is 6.58 Å². The molecule has 0 aromatic heterocycles. The molecular weight excluding hydrogens is 148 g/mol. The van der Waals surface area contributed by atoms with Crippen LogP contribution in [0.1, 0.15) is 11.1 Å². The summed E-state index contributed by atoms with van der Waals surface area (Å²) in [6, 6.07) is 7.97. The van der Waals surface area contributed by atoms with Gasteiger partial charge in [0.2, 0.25) is 0 Å². The molecule has 0 radical (unpaired) electrons. The number of aliphatic hydroxyl groups is 1. The highest BCUT2D eigenvalue weighted by Crippen LogP contribution is 2.09. The molecule has 0 aliphatic carbocycles. The van der Waals surface area contributed by atoms with Gasteiger partial charge in [-0.15, -0.1) is 0 Å². The lowest BCUT2D eigenvalue weighted by atomic mass is 10.1. The standard InChI is InChI=1S/C11H12O/c1-9-5-3-4-6-11(9)8-7-10(2)12/h3-8,12H,2H2,1H3/b8-7-. The van der Waals surface area contributed by atoms with E-state index in [4.69, 9.17) is 5.11 Å². The number of allylic oxidation sites excluding steroid dienone is 1. The largest absolute Gasteiger partial charge is 0.509 e. The van der Waals surface area contributed by atoms with Crippen LogP contribution in [0.3, 0.4) is 0 Å². The first-order valence-corrected chi connectivity index (χ1v) is 3.82. The van der Waals surface area contributed by atoms with Crippen LogP contribution in [0, 0.1) is 6.92 Å². The van der Waals surface area contributed by atoms with Crippen LogP contribution in [0.4, 0.5) is 0 Å². The van der Waals surface area contributed by atoms with Crippen LogP contribution in [-0.4, -0.2) is 5.11 Å². The van der Waals surface area contributed by atoms with E-state index in [1.165, 1.54) is 5.56 Å². The molecule has 0 amide bonds. The number of benzene rings is 1. The molecule has 0 saturated carbocycles. The first-order chi connectivity index (χ1) is 5.70. The van der Waals surface area contributed by atoms with Gasteiger partial charge >= 0.3 is 0 Å². The molecule has 12 heavy (non-hydrogen) atoms. The van der Waals surface area contributed by atoms with Crippen molar-refractivity contribution < 1.29 is 5.11 Å². The van der Waals surface area contributed by atoms with Crippen molar-refractivity contribution in [3.63, 3.8) is 0 Å². The van der Waals surface area contributed by atoms with Gasteiger partial charge in [-0.1, -0.05) is 36.9 Å². The minimum absolute atomic E-state index is 0.0817. The Morgan fingerprint density at radius 3 is 2.67 bits per heavy atom. The van der Waals surface area contributed by atoms with E-state index in [1.807, 2.05) is 37.3 Å². The van der Waals surface area contributed by atoms with Crippen molar-refractivity contribution in [3.05, 3.63) is 53.8 Å². The second kappa shape index (κ2) is 3.77. The lowest BCUT2D eigenvalue weighted by Gasteiger charge is -1.97. The van der Waals surface area contributed by atoms with E-state index in [-0.39, 0.29) is 5.76 Å². The Labute approximate surface area is 72.7 Å². The number of hydrogen-bond donors (Lipinski definition) is 1. The molecule has 62 valence electrons. The van der Waals surface area contributed by atoms with Gasteiger partial charge in [0.1, 0.15) is 5.76 Å². The predicted octanol–water partition coefficient (Wildman–Crippen LogP) is 3.08. The fourth-order valence-electron chi connectivity index (χ4n) is 0.960. The predicted molar refractivity (Wildman–Crippen MR) is 52.0 cm³/mol. The molecule has 0 saturated heterocycles. The van der Waals surface area contributed by atoms with Gasteiger partial charge in [-0.25, -0.2) is 0 Å². The molecule has 1 heteroatoms. The molecule has 0 aliphatic rings. The molecule has 0 aliphatic heterocycles. The van der Waals surface area contributed by atoms with Crippen LogP contribution < -0.4 is 0 Å². The van der Waals surface area contributed by atoms with Gasteiger partial charge in [0, 0.05) is 0 Å². The van der Waals surface area contributed by atoms with Gasteiger partial charge in [-0.2, -0.15) is 0 Å². The van der Waals surface area contributed by atoms with Crippen molar-refractivity contribution in [1.29, 1.82) is 0 Å². The zero-order chi connectivity index (χ0) is 8.97. The zero-order valence-electron chi connectivity index (χ0n) is 7.12. The molecule has 0 bridgehead atoms. The molecule has 0 heterocycles. The maximum atomic E-state index is 8.82. The third-order valence-corrected chi connectivity index (χ3v) is 1.64. The second-order valence-electron chi connectivity index (χ2n) is 2.68. The second-order valence-corrected chi connectivity index (χ2v) is 2.68. The summed E-state index contributed by atoms with van der Waals surface area (Å²) in [6.45, 7) is 5.40. The van der Waals surface area contributed by atoms with Gasteiger partial charge in [0.25, 0.3) is 0 Å². The maximum absolute atomic E-state index is 8.82. The normalized spacial score (nSPS) is 10.4. The summed E-state index contributed by atoms with van der Waals surface area (Å²) in [5, 5.41) is 8.82. The summed E-state index contributed by atoms with van der Waals surface area (Å²) in [7, 11) is 0. The van der Waals surface area contributed by atoms with E-state index in [1.54, 1.807) is 6.08 Å². The van der Waals surface area contributed by atoms with E-state index in [0.29, 0.717) is 0 Å². The molecular formula is C11H12O. The van der Waals surface area contributed by atoms with Gasteiger partial charge in [0.15, 0.2) is 0 Å². The molecule has 1 nitrogen and oxygen atoms in total. The number of aliphatic hydroxyl groups excluding tert-OH is 1. The molecule has 1 rings (SSSR count). The minimum atomic E-state index is 0.0817. The van der Waals surface area contributed by atoms with E-state index >= 15 is 0 Å². The molecule has 0 fully saturated rings. The minimum Gasteiger partial charge on any atom is -0.509 e. The third-order valence-electron chi connectivity index (χ3n) is 1.64. The average molecular weight is 160 g/mol. The number of rotatable bonds is 2. The molecule has 1 aromatic carbocycles. The lowest BCUT2D eigenvalue weighted by molar-refractivity contribution is 0.436. The summed E-state index contributed by atoms with van der Waals surface area (Å²) in [6.07, 6.45) is 3.43. The Balaban J connectivity index is 2.89. The summed E-state index contributed by atoms with van der Waals surface area (Å²) in [4.78, 5) is 0. The topological polar surface area (TPSA) is 20.2 Å². The molecule has 0 spiro atoms. The molecule has 0 unspecified atom stereocenters. The summed E-state index contributed by atoms with van der Waals surface area (Å²) in [5.74, 6) is 0.0817. The van der Waals surface area contributed by atoms with Crippen LogP contribution in [0.25, 0.3) is 6.08 Å². The Kier molecular flexibility index (Phi) is 2.70. The fourth-order valence-corrected chi connectivity index (χ4v) is 0.960. The first kappa shape index (κ1) is 8.60. The Morgan fingerprint density at radius 2 is 2.08 bits per heavy atom. The van der Waals surface area contributed by atoms with Crippen molar-refractivity contribution in [1.82, 2.24) is 0 Å². The lowest BCUT2D eigenvalue weighted by Crippen LogP contribution is -1.78. The highest BCUT2D eigenvalue weighted by molar-refractivity contribution is 5.55. The van der Waals surface area contributed by atoms with Crippen molar-refractivity contribution >= 4 is 6.08 Å². The van der Waals surface area contributed by atoms with Gasteiger partial charge in [-0.05, 0) is 24.1 Å². The summed E-state index contributed by atoms with van der Waals surface area (Å²) in [5.41, 5.74) is 2.29. The molecule has 1 aromatic rings. The van der Waals surface area contributed by atoms with Crippen LogP contribution in [0.15, 0.2) is 42.7 Å². The van der Waals surface area contributed by atoms with Crippen LogP contribution in [0.5, 0.6) is 0 Å². The van der Waals surface area contributed by atoms with Crippen molar-refractivity contribution in [2.45, 2.75) is 6.92 Å². The summed E-state index contributed by atoms with van der Waals surface area (Å²) >= 11 is 0. The van der Waals surface area contributed by atoms with Crippen LogP contribution in [0.2, 0.25) is 0 Å². The van der Waals surface area contributed by atoms with E-state index in [0.717, 1.165) is 5.56 Å². The van der Waals surface area contributed by atoms with Crippen molar-refractivity contribution in [2.75, 3.05) is 0 Å². The van der Waals surface area contributed by atoms with Crippen molar-refractivity contribution in [3.8, 4) is 0 Å². The third kappa shape index (κ3) is 2.27. The zero-order valence-corrected chi connectivity index (χ0v) is 7.12. The SMILES string of the molecule is C=C(O)/C=C\c1ccccc1C. The Bertz CT molecular complexity index is 311. The summed E-state index contributed by atoms with van der Waals surface area (Å²) < 4.78 is 0. The van der Waals surface area contributed by atoms with Gasteiger partial charge in [0.05, 0.1) is 0 Å². The maximum Gasteiger partial charge on any atom is 0.108 e. The Hall–Kier alpha value is -1.50. The fraction of sp³-hybridized carbons (Fsp3) is 0.0909. The van der Waals surface area contributed by atoms with Crippen LogP contribution >= 0.6 is 0 Å². The highest BCUT2D eigenvalue weighted by atomic mass is 16.3. The van der Waals surface area contributed by atoms with E-state index in [9.17, 15) is 0 Å². The molecule has 1 N–H and O–H groups in total. The average Bonchev–Trinajstić information content (AvgIpc) is 2.03.